The van der Waals surface area contributed by atoms with E-state index in [1.807, 2.05) is 6.26 Å². The van der Waals surface area contributed by atoms with Crippen molar-refractivity contribution in [1.29, 1.82) is 0 Å². The van der Waals surface area contributed by atoms with Crippen LogP contribution in [0.15, 0.2) is 22.8 Å². The number of aliphatic hydroxyl groups excluding tert-OH is 1. The largest absolute Gasteiger partial charge is 0.469 e. The van der Waals surface area contributed by atoms with Crippen LogP contribution in [0, 0.1) is 34.5 Å². The Morgan fingerprint density at radius 2 is 1.76 bits per heavy atom. The van der Waals surface area contributed by atoms with Crippen LogP contribution in [0.3, 0.4) is 0 Å². The van der Waals surface area contributed by atoms with E-state index in [0.29, 0.717) is 16.7 Å². The summed E-state index contributed by atoms with van der Waals surface area (Å²) in [5, 5.41) is 10.2. The number of fused-ring (bicyclic) bond motifs is 5. The van der Waals surface area contributed by atoms with E-state index in [2.05, 4.69) is 26.0 Å². The van der Waals surface area contributed by atoms with Crippen LogP contribution in [0.1, 0.15) is 83.3 Å². The molecule has 0 aromatic carbocycles. The first-order chi connectivity index (χ1) is 12.0. The summed E-state index contributed by atoms with van der Waals surface area (Å²) in [6.45, 7) is 5.16. The zero-order chi connectivity index (χ0) is 17.2. The molecule has 4 fully saturated rings. The minimum Gasteiger partial charge on any atom is -0.469 e. The van der Waals surface area contributed by atoms with Gasteiger partial charge < -0.3 is 9.52 Å². The van der Waals surface area contributed by atoms with Crippen molar-refractivity contribution in [2.75, 3.05) is 0 Å². The summed E-state index contributed by atoms with van der Waals surface area (Å²) in [5.41, 5.74) is 0.933. The first-order valence-electron chi connectivity index (χ1n) is 10.7. The van der Waals surface area contributed by atoms with Gasteiger partial charge in [0.1, 0.15) is 5.76 Å². The normalized spacial score (nSPS) is 52.3. The average molecular weight is 343 g/mol. The lowest BCUT2D eigenvalue weighted by atomic mass is 9.44. The minimum atomic E-state index is -0.0294. The van der Waals surface area contributed by atoms with Crippen molar-refractivity contribution in [2.45, 2.75) is 83.7 Å². The molecule has 25 heavy (non-hydrogen) atoms. The van der Waals surface area contributed by atoms with Crippen LogP contribution in [0.4, 0.5) is 0 Å². The molecule has 1 heterocycles. The van der Waals surface area contributed by atoms with Gasteiger partial charge in [-0.05, 0) is 104 Å². The summed E-state index contributed by atoms with van der Waals surface area (Å²) < 4.78 is 5.86. The number of aliphatic hydroxyl groups is 1. The fourth-order valence-electron chi connectivity index (χ4n) is 8.19. The third-order valence-electron chi connectivity index (χ3n) is 9.52. The van der Waals surface area contributed by atoms with Gasteiger partial charge in [0.15, 0.2) is 0 Å². The van der Waals surface area contributed by atoms with Crippen molar-refractivity contribution in [3.8, 4) is 0 Å². The second kappa shape index (κ2) is 5.62. The molecule has 138 valence electrons. The SMILES string of the molecule is C[C@]12CCC(O)C[C@@H]1CC[C@@H]1[C@@H]2CC[C@]2(C)[C@@H](c3ccco3)CC[C@@H]12. The van der Waals surface area contributed by atoms with Gasteiger partial charge in [0, 0.05) is 5.92 Å². The standard InChI is InChI=1S/C23H34O2/c1-22-11-9-16(24)14-15(22)5-6-17-18-7-8-20(21-4-3-13-25-21)23(18,2)12-10-19(17)22/h3-4,13,15-20,24H,5-12,14H2,1-2H3/t15-,16?,17-,18-,19-,20+,22-,23-/m0/s1. The Kier molecular flexibility index (Phi) is 3.69. The van der Waals surface area contributed by atoms with Crippen molar-refractivity contribution in [1.82, 2.24) is 0 Å². The molecule has 4 saturated carbocycles. The van der Waals surface area contributed by atoms with E-state index in [1.54, 1.807) is 0 Å². The molecule has 1 unspecified atom stereocenters. The first-order valence-corrected chi connectivity index (χ1v) is 10.7. The Hall–Kier alpha value is -0.760. The third-order valence-corrected chi connectivity index (χ3v) is 9.52. The smallest absolute Gasteiger partial charge is 0.107 e. The average Bonchev–Trinajstić information content (AvgIpc) is 3.22. The summed E-state index contributed by atoms with van der Waals surface area (Å²) in [6, 6.07) is 4.28. The molecule has 1 N–H and O–H groups in total. The molecule has 5 rings (SSSR count). The van der Waals surface area contributed by atoms with E-state index < -0.39 is 0 Å². The molecule has 0 saturated heterocycles. The maximum absolute atomic E-state index is 10.2. The van der Waals surface area contributed by atoms with Crippen LogP contribution >= 0.6 is 0 Å². The van der Waals surface area contributed by atoms with Gasteiger partial charge in [0.25, 0.3) is 0 Å². The van der Waals surface area contributed by atoms with E-state index in [0.717, 1.165) is 36.5 Å². The Balaban J connectivity index is 1.44. The molecule has 0 aliphatic heterocycles. The highest BCUT2D eigenvalue weighted by Crippen LogP contribution is 2.68. The first kappa shape index (κ1) is 16.4. The van der Waals surface area contributed by atoms with Crippen LogP contribution in [0.25, 0.3) is 0 Å². The molecule has 4 aliphatic carbocycles. The van der Waals surface area contributed by atoms with Gasteiger partial charge in [-0.15, -0.1) is 0 Å². The summed E-state index contributed by atoms with van der Waals surface area (Å²) in [4.78, 5) is 0. The Labute approximate surface area is 152 Å². The van der Waals surface area contributed by atoms with Crippen molar-refractivity contribution in [2.24, 2.45) is 34.5 Å². The molecule has 1 aromatic rings. The van der Waals surface area contributed by atoms with Crippen LogP contribution in [0.5, 0.6) is 0 Å². The monoisotopic (exact) mass is 342 g/mol. The van der Waals surface area contributed by atoms with E-state index in [9.17, 15) is 5.11 Å². The molecule has 2 heteroatoms. The maximum atomic E-state index is 10.2. The molecule has 1 aromatic heterocycles. The molecule has 4 aliphatic rings. The quantitative estimate of drug-likeness (QED) is 0.703. The third kappa shape index (κ3) is 2.25. The van der Waals surface area contributed by atoms with Crippen LogP contribution in [-0.4, -0.2) is 11.2 Å². The van der Waals surface area contributed by atoms with Crippen LogP contribution in [0.2, 0.25) is 0 Å². The Bertz CT molecular complexity index is 622. The number of hydrogen-bond donors (Lipinski definition) is 1. The second-order valence-corrected chi connectivity index (χ2v) is 10.3. The summed E-state index contributed by atoms with van der Waals surface area (Å²) >= 11 is 0. The fourth-order valence-corrected chi connectivity index (χ4v) is 8.19. The van der Waals surface area contributed by atoms with Crippen LogP contribution < -0.4 is 0 Å². The van der Waals surface area contributed by atoms with E-state index >= 15 is 0 Å². The molecule has 2 nitrogen and oxygen atoms in total. The van der Waals surface area contributed by atoms with Gasteiger partial charge in [0.2, 0.25) is 0 Å². The summed E-state index contributed by atoms with van der Waals surface area (Å²) in [5.74, 6) is 5.33. The highest BCUT2D eigenvalue weighted by molar-refractivity contribution is 5.18. The Morgan fingerprint density at radius 3 is 2.56 bits per heavy atom. The number of hydrogen-bond acceptors (Lipinski definition) is 2. The lowest BCUT2D eigenvalue weighted by Gasteiger charge is -2.60. The summed E-state index contributed by atoms with van der Waals surface area (Å²) in [7, 11) is 0. The highest BCUT2D eigenvalue weighted by atomic mass is 16.3. The van der Waals surface area contributed by atoms with Gasteiger partial charge in [0.05, 0.1) is 12.4 Å². The van der Waals surface area contributed by atoms with Crippen molar-refractivity contribution >= 4 is 0 Å². The molecule has 8 atom stereocenters. The van der Waals surface area contributed by atoms with Crippen molar-refractivity contribution < 1.29 is 9.52 Å². The summed E-state index contributed by atoms with van der Waals surface area (Å²) in [6.07, 6.45) is 13.4. The maximum Gasteiger partial charge on any atom is 0.107 e. The lowest BCUT2D eigenvalue weighted by Crippen LogP contribution is -2.53. The molecule has 0 bridgehead atoms. The predicted octanol–water partition coefficient (Wildman–Crippen LogP) is 5.77. The zero-order valence-corrected chi connectivity index (χ0v) is 15.9. The highest BCUT2D eigenvalue weighted by Gasteiger charge is 2.60. The number of furan rings is 1. The van der Waals surface area contributed by atoms with Crippen molar-refractivity contribution in [3.63, 3.8) is 0 Å². The van der Waals surface area contributed by atoms with E-state index in [1.165, 1.54) is 50.7 Å². The second-order valence-electron chi connectivity index (χ2n) is 10.3. The van der Waals surface area contributed by atoms with Gasteiger partial charge in [-0.1, -0.05) is 13.8 Å². The number of rotatable bonds is 1. The zero-order valence-electron chi connectivity index (χ0n) is 15.9. The predicted molar refractivity (Wildman–Crippen MR) is 99.2 cm³/mol. The van der Waals surface area contributed by atoms with Crippen LogP contribution in [-0.2, 0) is 0 Å². The molecular formula is C23H34O2. The topological polar surface area (TPSA) is 33.4 Å². The molecule has 0 spiro atoms. The van der Waals surface area contributed by atoms with Gasteiger partial charge in [-0.2, -0.15) is 0 Å². The van der Waals surface area contributed by atoms with Gasteiger partial charge in [-0.3, -0.25) is 0 Å². The Morgan fingerprint density at radius 1 is 0.960 bits per heavy atom. The molecule has 0 amide bonds. The van der Waals surface area contributed by atoms with Gasteiger partial charge in [-0.25, -0.2) is 0 Å². The van der Waals surface area contributed by atoms with E-state index in [-0.39, 0.29) is 6.10 Å². The van der Waals surface area contributed by atoms with Crippen molar-refractivity contribution in [3.05, 3.63) is 24.2 Å². The molecular weight excluding hydrogens is 308 g/mol. The lowest BCUT2D eigenvalue weighted by molar-refractivity contribution is -0.123. The van der Waals surface area contributed by atoms with E-state index in [4.69, 9.17) is 4.42 Å². The molecule has 0 radical (unpaired) electrons. The minimum absolute atomic E-state index is 0.0294. The van der Waals surface area contributed by atoms with Gasteiger partial charge >= 0.3 is 0 Å². The fraction of sp³-hybridized carbons (Fsp3) is 0.826.